The third kappa shape index (κ3) is 8.96. The molecule has 0 radical (unpaired) electrons. The molecule has 0 spiro atoms. The molecule has 0 unspecified atom stereocenters. The molecule has 0 fully saturated rings. The monoisotopic (exact) mass is 645 g/mol. The zero-order valence-electron chi connectivity index (χ0n) is 23.7. The second-order valence-electron chi connectivity index (χ2n) is 9.45. The van der Waals surface area contributed by atoms with Crippen molar-refractivity contribution in [3.05, 3.63) is 88.4 Å². The fraction of sp³-hybridized carbons (Fsp3) is 0.333. The first kappa shape index (κ1) is 32.0. The van der Waals surface area contributed by atoms with Crippen LogP contribution in [0.3, 0.4) is 0 Å². The van der Waals surface area contributed by atoms with E-state index in [0.29, 0.717) is 18.0 Å². The smallest absolute Gasteiger partial charge is 0.244 e. The highest BCUT2D eigenvalue weighted by Gasteiger charge is 2.33. The first-order valence-electron chi connectivity index (χ1n) is 13.1. The highest BCUT2D eigenvalue weighted by atomic mass is 79.9. The zero-order valence-corrected chi connectivity index (χ0v) is 26.1. The minimum Gasteiger partial charge on any atom is -0.493 e. The van der Waals surface area contributed by atoms with Crippen molar-refractivity contribution in [3.63, 3.8) is 0 Å². The van der Waals surface area contributed by atoms with Gasteiger partial charge < -0.3 is 19.7 Å². The van der Waals surface area contributed by atoms with Gasteiger partial charge in [-0.05, 0) is 41.8 Å². The quantitative estimate of drug-likeness (QED) is 0.279. The summed E-state index contributed by atoms with van der Waals surface area (Å²) in [4.78, 5) is 29.1. The minimum atomic E-state index is -3.91. The van der Waals surface area contributed by atoms with Gasteiger partial charge in [0.15, 0.2) is 11.5 Å². The fourth-order valence-corrected chi connectivity index (χ4v) is 5.41. The molecule has 1 atom stereocenters. The van der Waals surface area contributed by atoms with Gasteiger partial charge in [-0.3, -0.25) is 13.9 Å². The number of methoxy groups -OCH3 is 2. The van der Waals surface area contributed by atoms with Crippen molar-refractivity contribution in [1.29, 1.82) is 0 Å². The maximum atomic E-state index is 14.1. The van der Waals surface area contributed by atoms with Gasteiger partial charge in [0.25, 0.3) is 0 Å². The maximum absolute atomic E-state index is 14.1. The Bertz CT molecular complexity index is 1420. The fourth-order valence-electron chi connectivity index (χ4n) is 4.30. The normalized spacial score (nSPS) is 11.8. The van der Waals surface area contributed by atoms with Gasteiger partial charge in [0, 0.05) is 30.0 Å². The van der Waals surface area contributed by atoms with E-state index >= 15 is 0 Å². The number of halogens is 1. The van der Waals surface area contributed by atoms with E-state index in [-0.39, 0.29) is 24.6 Å². The zero-order chi connectivity index (χ0) is 30.0. The van der Waals surface area contributed by atoms with Gasteiger partial charge in [-0.25, -0.2) is 8.42 Å². The average molecular weight is 647 g/mol. The number of carbonyl (C=O) groups is 2. The Morgan fingerprint density at radius 2 is 1.59 bits per heavy atom. The number of hydrogen-bond donors (Lipinski definition) is 1. The number of amides is 2. The summed E-state index contributed by atoms with van der Waals surface area (Å²) in [6.45, 7) is 1.99. The summed E-state index contributed by atoms with van der Waals surface area (Å²) >= 11 is 3.43. The van der Waals surface area contributed by atoms with Gasteiger partial charge in [-0.2, -0.15) is 0 Å². The molecular formula is C30H36BrN3O6S. The highest BCUT2D eigenvalue weighted by Crippen LogP contribution is 2.32. The molecule has 0 aliphatic rings. The average Bonchev–Trinajstić information content (AvgIpc) is 2.96. The Balaban J connectivity index is 2.05. The third-order valence-corrected chi connectivity index (χ3v) is 8.09. The molecule has 0 heterocycles. The molecule has 0 bridgehead atoms. The number of sulfonamides is 1. The molecule has 0 aliphatic heterocycles. The molecule has 220 valence electrons. The van der Waals surface area contributed by atoms with Crippen molar-refractivity contribution in [1.82, 2.24) is 10.2 Å². The van der Waals surface area contributed by atoms with E-state index in [1.165, 1.54) is 25.2 Å². The Labute approximate surface area is 250 Å². The van der Waals surface area contributed by atoms with E-state index in [4.69, 9.17) is 9.47 Å². The lowest BCUT2D eigenvalue weighted by atomic mass is 10.0. The van der Waals surface area contributed by atoms with E-state index in [9.17, 15) is 18.0 Å². The maximum Gasteiger partial charge on any atom is 0.244 e. The summed E-state index contributed by atoms with van der Waals surface area (Å²) in [5, 5.41) is 2.92. The van der Waals surface area contributed by atoms with Crippen LogP contribution in [0, 0.1) is 0 Å². The second-order valence-corrected chi connectivity index (χ2v) is 12.3. The lowest BCUT2D eigenvalue weighted by Gasteiger charge is -2.33. The van der Waals surface area contributed by atoms with Crippen LogP contribution >= 0.6 is 15.9 Å². The number of nitrogens with one attached hydrogen (secondary N) is 1. The van der Waals surface area contributed by atoms with Crippen molar-refractivity contribution in [2.45, 2.75) is 32.4 Å². The number of anilines is 1. The molecule has 3 rings (SSSR count). The van der Waals surface area contributed by atoms with Gasteiger partial charge in [0.05, 0.1) is 26.2 Å². The SMILES string of the molecule is CCCNC(=O)[C@@H](Cc1ccccc1)N(Cc1ccc(Br)cc1)C(=O)CN(c1ccc(OC)c(OC)c1)S(C)(=O)=O. The Morgan fingerprint density at radius 3 is 2.17 bits per heavy atom. The van der Waals surface area contributed by atoms with Gasteiger partial charge >= 0.3 is 0 Å². The Kier molecular flexibility index (Phi) is 11.6. The number of carbonyl (C=O) groups excluding carboxylic acids is 2. The largest absolute Gasteiger partial charge is 0.493 e. The lowest BCUT2D eigenvalue weighted by molar-refractivity contribution is -0.140. The first-order valence-corrected chi connectivity index (χ1v) is 15.8. The van der Waals surface area contributed by atoms with E-state index in [1.807, 2.05) is 61.5 Å². The van der Waals surface area contributed by atoms with Crippen LogP contribution in [0.25, 0.3) is 0 Å². The van der Waals surface area contributed by atoms with Crippen molar-refractivity contribution < 1.29 is 27.5 Å². The molecule has 3 aromatic rings. The standard InChI is InChI=1S/C30H36BrN3O6S/c1-5-17-32-30(36)26(18-22-9-7-6-8-10-22)33(20-23-11-13-24(31)14-12-23)29(35)21-34(41(4,37)38)25-15-16-27(39-2)28(19-25)40-3/h6-16,19,26H,5,17-18,20-21H2,1-4H3,(H,32,36)/t26-/m1/s1. The predicted molar refractivity (Wildman–Crippen MR) is 164 cm³/mol. The molecule has 9 nitrogen and oxygen atoms in total. The number of hydrogen-bond acceptors (Lipinski definition) is 6. The van der Waals surface area contributed by atoms with Crippen LogP contribution in [0.2, 0.25) is 0 Å². The number of rotatable bonds is 14. The van der Waals surface area contributed by atoms with Crippen LogP contribution in [-0.4, -0.2) is 64.7 Å². The second kappa shape index (κ2) is 14.9. The molecule has 3 aromatic carbocycles. The third-order valence-electron chi connectivity index (χ3n) is 6.42. The van der Waals surface area contributed by atoms with Crippen molar-refractivity contribution in [3.8, 4) is 11.5 Å². The van der Waals surface area contributed by atoms with E-state index < -0.39 is 28.5 Å². The van der Waals surface area contributed by atoms with Crippen LogP contribution in [0.15, 0.2) is 77.3 Å². The van der Waals surface area contributed by atoms with Crippen molar-refractivity contribution in [2.75, 3.05) is 37.9 Å². The molecule has 0 saturated carbocycles. The Morgan fingerprint density at radius 1 is 0.927 bits per heavy atom. The lowest BCUT2D eigenvalue weighted by Crippen LogP contribution is -2.53. The van der Waals surface area contributed by atoms with Gasteiger partial charge in [0.2, 0.25) is 21.8 Å². The molecule has 2 amide bonds. The summed E-state index contributed by atoms with van der Waals surface area (Å²) < 4.78 is 38.5. The summed E-state index contributed by atoms with van der Waals surface area (Å²) in [6, 6.07) is 20.6. The summed E-state index contributed by atoms with van der Waals surface area (Å²) in [5.74, 6) is -0.0963. The molecule has 11 heteroatoms. The Hall–Kier alpha value is -3.57. The summed E-state index contributed by atoms with van der Waals surface area (Å²) in [5.41, 5.74) is 1.90. The topological polar surface area (TPSA) is 105 Å². The van der Waals surface area contributed by atoms with Gasteiger partial charge in [0.1, 0.15) is 12.6 Å². The molecule has 41 heavy (non-hydrogen) atoms. The summed E-state index contributed by atoms with van der Waals surface area (Å²) in [6.07, 6.45) is 2.02. The number of nitrogens with zero attached hydrogens (tertiary/aromatic N) is 2. The highest BCUT2D eigenvalue weighted by molar-refractivity contribution is 9.10. The van der Waals surface area contributed by atoms with E-state index in [2.05, 4.69) is 21.2 Å². The number of ether oxygens (including phenoxy) is 2. The first-order chi connectivity index (χ1) is 19.6. The molecule has 0 aliphatic carbocycles. The molecular weight excluding hydrogens is 610 g/mol. The van der Waals surface area contributed by atoms with E-state index in [1.54, 1.807) is 12.1 Å². The predicted octanol–water partition coefficient (Wildman–Crippen LogP) is 4.40. The van der Waals surface area contributed by atoms with Crippen LogP contribution in [0.5, 0.6) is 11.5 Å². The molecule has 0 aromatic heterocycles. The van der Waals surface area contributed by atoms with Crippen LogP contribution in [-0.2, 0) is 32.6 Å². The number of benzene rings is 3. The van der Waals surface area contributed by atoms with Crippen LogP contribution < -0.4 is 19.1 Å². The van der Waals surface area contributed by atoms with Gasteiger partial charge in [-0.1, -0.05) is 65.3 Å². The van der Waals surface area contributed by atoms with Gasteiger partial charge in [-0.15, -0.1) is 0 Å². The van der Waals surface area contributed by atoms with Crippen LogP contribution in [0.4, 0.5) is 5.69 Å². The molecule has 0 saturated heterocycles. The minimum absolute atomic E-state index is 0.104. The van der Waals surface area contributed by atoms with E-state index in [0.717, 1.165) is 32.6 Å². The molecule has 1 N–H and O–H groups in total. The van der Waals surface area contributed by atoms with Crippen molar-refractivity contribution >= 4 is 43.5 Å². The van der Waals surface area contributed by atoms with Crippen LogP contribution in [0.1, 0.15) is 24.5 Å². The van der Waals surface area contributed by atoms with Crippen molar-refractivity contribution in [2.24, 2.45) is 0 Å². The summed E-state index contributed by atoms with van der Waals surface area (Å²) in [7, 11) is -0.983.